The summed E-state index contributed by atoms with van der Waals surface area (Å²) in [5, 5.41) is 3.12. The summed E-state index contributed by atoms with van der Waals surface area (Å²) in [5.41, 5.74) is 0.818. The summed E-state index contributed by atoms with van der Waals surface area (Å²) in [7, 11) is -4.10. The molecule has 1 atom stereocenters. The molecular formula is C25H20F2NO3P. The Balaban J connectivity index is 1.82. The summed E-state index contributed by atoms with van der Waals surface area (Å²) < 4.78 is 54.0. The maximum Gasteiger partial charge on any atom is 0.457 e. The predicted molar refractivity (Wildman–Crippen MR) is 121 cm³/mol. The number of anilines is 1. The fourth-order valence-corrected chi connectivity index (χ4v) is 5.01. The minimum Gasteiger partial charge on any atom is -0.414 e. The van der Waals surface area contributed by atoms with Crippen LogP contribution in [0.25, 0.3) is 0 Å². The third-order valence-electron chi connectivity index (χ3n) is 4.60. The third-order valence-corrected chi connectivity index (χ3v) is 6.59. The molecule has 0 aliphatic rings. The van der Waals surface area contributed by atoms with Gasteiger partial charge in [-0.25, -0.2) is 13.3 Å². The molecule has 0 aliphatic heterocycles. The Morgan fingerprint density at radius 3 is 1.66 bits per heavy atom. The van der Waals surface area contributed by atoms with Crippen molar-refractivity contribution in [1.29, 1.82) is 0 Å². The summed E-state index contributed by atoms with van der Waals surface area (Å²) in [4.78, 5) is 0. The normalized spacial score (nSPS) is 12.1. The first-order valence-corrected chi connectivity index (χ1v) is 11.5. The highest BCUT2D eigenvalue weighted by molar-refractivity contribution is 7.55. The first-order chi connectivity index (χ1) is 15.5. The Hall–Kier alpha value is -3.63. The molecule has 0 heterocycles. The standard InChI is InChI=1S/C25H20F2NO3P/c26-23-17-16-19(18-24(23)27)25(28-20-10-4-1-5-11-20)32(29,30-21-12-6-2-7-13-21)31-22-14-8-3-9-15-22/h1-18,25,28H. The maximum absolute atomic E-state index is 14.3. The number of rotatable bonds is 8. The molecule has 1 unspecified atom stereocenters. The monoisotopic (exact) mass is 451 g/mol. The van der Waals surface area contributed by atoms with E-state index in [2.05, 4.69) is 5.32 Å². The molecule has 0 aliphatic carbocycles. The van der Waals surface area contributed by atoms with Crippen LogP contribution in [0.5, 0.6) is 11.5 Å². The molecule has 0 fully saturated rings. The molecule has 0 radical (unpaired) electrons. The van der Waals surface area contributed by atoms with Gasteiger partial charge in [-0.2, -0.15) is 0 Å². The van der Waals surface area contributed by atoms with Crippen molar-refractivity contribution >= 4 is 13.3 Å². The Bertz CT molecular complexity index is 1160. The number of hydrogen-bond donors (Lipinski definition) is 1. The molecule has 1 N–H and O–H groups in total. The molecule has 32 heavy (non-hydrogen) atoms. The van der Waals surface area contributed by atoms with Crippen molar-refractivity contribution in [3.05, 3.63) is 126 Å². The van der Waals surface area contributed by atoms with Gasteiger partial charge in [0.2, 0.25) is 0 Å². The third kappa shape index (κ3) is 5.16. The molecular weight excluding hydrogens is 431 g/mol. The zero-order valence-corrected chi connectivity index (χ0v) is 17.8. The Morgan fingerprint density at radius 1 is 0.656 bits per heavy atom. The van der Waals surface area contributed by atoms with Crippen LogP contribution in [0.1, 0.15) is 11.3 Å². The van der Waals surface area contributed by atoms with E-state index in [1.165, 1.54) is 6.07 Å². The summed E-state index contributed by atoms with van der Waals surface area (Å²) in [6, 6.07) is 29.4. The van der Waals surface area contributed by atoms with Crippen molar-refractivity contribution in [1.82, 2.24) is 0 Å². The topological polar surface area (TPSA) is 47.6 Å². The maximum atomic E-state index is 14.3. The number of para-hydroxylation sites is 3. The van der Waals surface area contributed by atoms with E-state index < -0.39 is 25.0 Å². The van der Waals surface area contributed by atoms with Crippen LogP contribution in [0.4, 0.5) is 14.5 Å². The van der Waals surface area contributed by atoms with E-state index in [1.807, 2.05) is 6.07 Å². The summed E-state index contributed by atoms with van der Waals surface area (Å²) >= 11 is 0. The highest BCUT2D eigenvalue weighted by Gasteiger charge is 2.41. The van der Waals surface area contributed by atoms with Crippen LogP contribution >= 0.6 is 7.60 Å². The van der Waals surface area contributed by atoms with E-state index >= 15 is 0 Å². The van der Waals surface area contributed by atoms with Gasteiger partial charge in [0, 0.05) is 5.69 Å². The van der Waals surface area contributed by atoms with Gasteiger partial charge >= 0.3 is 7.60 Å². The molecule has 0 spiro atoms. The van der Waals surface area contributed by atoms with Gasteiger partial charge in [-0.15, -0.1) is 0 Å². The molecule has 0 amide bonds. The first kappa shape index (κ1) is 21.6. The minimum absolute atomic E-state index is 0.211. The van der Waals surface area contributed by atoms with Crippen LogP contribution in [0, 0.1) is 11.6 Å². The molecule has 4 aromatic rings. The quantitative estimate of drug-likeness (QED) is 0.283. The van der Waals surface area contributed by atoms with Crippen LogP contribution in [-0.2, 0) is 4.57 Å². The summed E-state index contributed by atoms with van der Waals surface area (Å²) in [5.74, 6) is -2.58. The zero-order valence-electron chi connectivity index (χ0n) is 16.9. The molecule has 7 heteroatoms. The Kier molecular flexibility index (Phi) is 6.52. The van der Waals surface area contributed by atoms with E-state index in [1.54, 1.807) is 84.9 Å². The van der Waals surface area contributed by atoms with Crippen LogP contribution in [0.15, 0.2) is 109 Å². The van der Waals surface area contributed by atoms with Crippen molar-refractivity contribution in [2.45, 2.75) is 5.78 Å². The zero-order chi connectivity index (χ0) is 22.4. The number of nitrogens with one attached hydrogen (secondary N) is 1. The molecule has 4 aromatic carbocycles. The van der Waals surface area contributed by atoms with E-state index in [0.717, 1.165) is 12.1 Å². The molecule has 0 saturated carbocycles. The van der Waals surface area contributed by atoms with Crippen LogP contribution < -0.4 is 14.4 Å². The SMILES string of the molecule is O=P(Oc1ccccc1)(Oc1ccccc1)C(Nc1ccccc1)c1ccc(F)c(F)c1. The van der Waals surface area contributed by atoms with Gasteiger partial charge in [0.05, 0.1) is 0 Å². The van der Waals surface area contributed by atoms with Crippen LogP contribution in [-0.4, -0.2) is 0 Å². The van der Waals surface area contributed by atoms with Gasteiger partial charge in [0.1, 0.15) is 11.5 Å². The summed E-state index contributed by atoms with van der Waals surface area (Å²) in [6.07, 6.45) is 0. The van der Waals surface area contributed by atoms with Gasteiger partial charge in [0.25, 0.3) is 0 Å². The lowest BCUT2D eigenvalue weighted by molar-refractivity contribution is 0.376. The Labute approximate surface area is 185 Å². The van der Waals surface area contributed by atoms with Crippen molar-refractivity contribution < 1.29 is 22.4 Å². The molecule has 162 valence electrons. The number of hydrogen-bond acceptors (Lipinski definition) is 4. The van der Waals surface area contributed by atoms with Crippen molar-refractivity contribution in [2.75, 3.05) is 5.32 Å². The molecule has 0 aromatic heterocycles. The van der Waals surface area contributed by atoms with Crippen LogP contribution in [0.2, 0.25) is 0 Å². The molecule has 0 saturated heterocycles. The van der Waals surface area contributed by atoms with E-state index in [-0.39, 0.29) is 5.56 Å². The second kappa shape index (κ2) is 9.67. The van der Waals surface area contributed by atoms with Gasteiger partial charge < -0.3 is 14.4 Å². The lowest BCUT2D eigenvalue weighted by Gasteiger charge is -2.29. The molecule has 4 nitrogen and oxygen atoms in total. The van der Waals surface area contributed by atoms with Gasteiger partial charge in [-0.3, -0.25) is 0 Å². The number of benzene rings is 4. The van der Waals surface area contributed by atoms with E-state index in [4.69, 9.17) is 9.05 Å². The average molecular weight is 451 g/mol. The van der Waals surface area contributed by atoms with Crippen molar-refractivity contribution in [3.8, 4) is 11.5 Å². The smallest absolute Gasteiger partial charge is 0.414 e. The minimum atomic E-state index is -4.10. The van der Waals surface area contributed by atoms with Crippen molar-refractivity contribution in [2.24, 2.45) is 0 Å². The number of halogens is 2. The highest BCUT2D eigenvalue weighted by atomic mass is 31.2. The predicted octanol–water partition coefficient (Wildman–Crippen LogP) is 7.43. The largest absolute Gasteiger partial charge is 0.457 e. The second-order valence-electron chi connectivity index (χ2n) is 6.93. The van der Waals surface area contributed by atoms with E-state index in [9.17, 15) is 13.3 Å². The first-order valence-electron chi connectivity index (χ1n) is 9.89. The van der Waals surface area contributed by atoms with E-state index in [0.29, 0.717) is 17.2 Å². The fraction of sp³-hybridized carbons (Fsp3) is 0.0400. The Morgan fingerprint density at radius 2 is 1.16 bits per heavy atom. The summed E-state index contributed by atoms with van der Waals surface area (Å²) in [6.45, 7) is 0. The highest BCUT2D eigenvalue weighted by Crippen LogP contribution is 2.60. The molecule has 4 rings (SSSR count). The fourth-order valence-electron chi connectivity index (χ4n) is 3.10. The molecule has 0 bridgehead atoms. The van der Waals surface area contributed by atoms with Crippen molar-refractivity contribution in [3.63, 3.8) is 0 Å². The van der Waals surface area contributed by atoms with Gasteiger partial charge in [-0.05, 0) is 54.1 Å². The lowest BCUT2D eigenvalue weighted by atomic mass is 10.2. The lowest BCUT2D eigenvalue weighted by Crippen LogP contribution is -2.18. The van der Waals surface area contributed by atoms with Gasteiger partial charge in [-0.1, -0.05) is 60.7 Å². The van der Waals surface area contributed by atoms with Crippen LogP contribution in [0.3, 0.4) is 0 Å². The van der Waals surface area contributed by atoms with Gasteiger partial charge in [0.15, 0.2) is 17.4 Å². The average Bonchev–Trinajstić information content (AvgIpc) is 2.81. The second-order valence-corrected chi connectivity index (χ2v) is 8.90.